The van der Waals surface area contributed by atoms with Gasteiger partial charge in [-0.25, -0.2) is 0 Å². The summed E-state index contributed by atoms with van der Waals surface area (Å²) in [5.74, 6) is 0.266. The first-order valence-electron chi connectivity index (χ1n) is 5.98. The second-order valence-electron chi connectivity index (χ2n) is 4.15. The van der Waals surface area contributed by atoms with Crippen LogP contribution in [-0.2, 0) is 9.53 Å². The third-order valence-electron chi connectivity index (χ3n) is 2.84. The smallest absolute Gasteiger partial charge is 0.260 e. The molecule has 0 radical (unpaired) electrons. The highest BCUT2D eigenvalue weighted by Crippen LogP contribution is 2.20. The number of anilines is 1. The Bertz CT molecular complexity index is 504. The summed E-state index contributed by atoms with van der Waals surface area (Å²) >= 11 is 0. The zero-order valence-corrected chi connectivity index (χ0v) is 10.5. The van der Waals surface area contributed by atoms with Gasteiger partial charge < -0.3 is 20.1 Å². The van der Waals surface area contributed by atoms with Gasteiger partial charge in [-0.2, -0.15) is 5.26 Å². The summed E-state index contributed by atoms with van der Waals surface area (Å²) in [4.78, 5) is 13.6. The van der Waals surface area contributed by atoms with Gasteiger partial charge in [-0.1, -0.05) is 0 Å². The van der Waals surface area contributed by atoms with E-state index in [4.69, 9.17) is 20.5 Å². The van der Waals surface area contributed by atoms with Crippen molar-refractivity contribution < 1.29 is 14.3 Å². The van der Waals surface area contributed by atoms with Crippen molar-refractivity contribution in [3.05, 3.63) is 23.8 Å². The van der Waals surface area contributed by atoms with E-state index >= 15 is 0 Å². The van der Waals surface area contributed by atoms with Crippen molar-refractivity contribution in [3.8, 4) is 11.8 Å². The fraction of sp³-hybridized carbons (Fsp3) is 0.385. The fourth-order valence-corrected chi connectivity index (χ4v) is 1.80. The van der Waals surface area contributed by atoms with Crippen LogP contribution >= 0.6 is 0 Å². The number of amides is 1. The van der Waals surface area contributed by atoms with Gasteiger partial charge in [0.1, 0.15) is 11.8 Å². The molecule has 1 aliphatic rings. The van der Waals surface area contributed by atoms with E-state index in [2.05, 4.69) is 0 Å². The van der Waals surface area contributed by atoms with E-state index in [0.29, 0.717) is 43.3 Å². The summed E-state index contributed by atoms with van der Waals surface area (Å²) in [6.45, 7) is 2.18. The predicted molar refractivity (Wildman–Crippen MR) is 68.5 cm³/mol. The van der Waals surface area contributed by atoms with Crippen molar-refractivity contribution in [1.29, 1.82) is 5.26 Å². The molecule has 6 heteroatoms. The van der Waals surface area contributed by atoms with Crippen molar-refractivity contribution >= 4 is 11.6 Å². The lowest BCUT2D eigenvalue weighted by atomic mass is 10.2. The maximum absolute atomic E-state index is 11.9. The van der Waals surface area contributed by atoms with Crippen molar-refractivity contribution in [3.63, 3.8) is 0 Å². The van der Waals surface area contributed by atoms with Gasteiger partial charge in [0.2, 0.25) is 0 Å². The molecule has 1 aliphatic heterocycles. The third kappa shape index (κ3) is 3.36. The first-order valence-corrected chi connectivity index (χ1v) is 5.98. The number of nitrogens with zero attached hydrogens (tertiary/aromatic N) is 2. The molecule has 0 bridgehead atoms. The predicted octanol–water partition coefficient (Wildman–Crippen LogP) is 0.378. The molecule has 19 heavy (non-hydrogen) atoms. The van der Waals surface area contributed by atoms with Gasteiger partial charge in [0, 0.05) is 18.8 Å². The Morgan fingerprint density at radius 2 is 2.21 bits per heavy atom. The van der Waals surface area contributed by atoms with Gasteiger partial charge >= 0.3 is 0 Å². The summed E-state index contributed by atoms with van der Waals surface area (Å²) in [7, 11) is 0. The van der Waals surface area contributed by atoms with Crippen LogP contribution in [0.1, 0.15) is 5.56 Å². The second-order valence-corrected chi connectivity index (χ2v) is 4.15. The lowest BCUT2D eigenvalue weighted by Gasteiger charge is -2.26. The first kappa shape index (κ1) is 13.2. The molecule has 2 rings (SSSR count). The lowest BCUT2D eigenvalue weighted by molar-refractivity contribution is -0.137. The molecule has 1 fully saturated rings. The Labute approximate surface area is 111 Å². The number of ether oxygens (including phenoxy) is 2. The quantitative estimate of drug-likeness (QED) is 0.794. The molecule has 1 saturated heterocycles. The van der Waals surface area contributed by atoms with E-state index < -0.39 is 0 Å². The highest BCUT2D eigenvalue weighted by atomic mass is 16.5. The number of carbonyl (C=O) groups is 1. The summed E-state index contributed by atoms with van der Waals surface area (Å²) in [5.41, 5.74) is 6.40. The van der Waals surface area contributed by atoms with Gasteiger partial charge in [0.05, 0.1) is 18.8 Å². The van der Waals surface area contributed by atoms with Crippen molar-refractivity contribution in [2.24, 2.45) is 0 Å². The molecule has 0 aliphatic carbocycles. The topological polar surface area (TPSA) is 88.6 Å². The number of morpholine rings is 1. The van der Waals surface area contributed by atoms with Crippen LogP contribution in [-0.4, -0.2) is 43.7 Å². The minimum absolute atomic E-state index is 0.0847. The number of nitrogens with two attached hydrogens (primary N) is 1. The molecule has 6 nitrogen and oxygen atoms in total. The molecule has 1 aromatic rings. The highest BCUT2D eigenvalue weighted by molar-refractivity contribution is 5.78. The molecule has 0 aromatic heterocycles. The van der Waals surface area contributed by atoms with Crippen molar-refractivity contribution in [1.82, 2.24) is 4.90 Å². The molecule has 1 amide bonds. The average molecular weight is 261 g/mol. The van der Waals surface area contributed by atoms with E-state index in [1.807, 2.05) is 6.07 Å². The van der Waals surface area contributed by atoms with Gasteiger partial charge in [-0.15, -0.1) is 0 Å². The monoisotopic (exact) mass is 261 g/mol. The van der Waals surface area contributed by atoms with E-state index in [9.17, 15) is 4.79 Å². The second kappa shape index (κ2) is 6.07. The Kier molecular flexibility index (Phi) is 4.21. The molecular weight excluding hydrogens is 246 g/mol. The molecule has 100 valence electrons. The van der Waals surface area contributed by atoms with Crippen LogP contribution in [0.3, 0.4) is 0 Å². The molecule has 0 spiro atoms. The zero-order chi connectivity index (χ0) is 13.7. The molecule has 2 N–H and O–H groups in total. The Morgan fingerprint density at radius 1 is 1.47 bits per heavy atom. The summed E-state index contributed by atoms with van der Waals surface area (Å²) < 4.78 is 10.6. The lowest BCUT2D eigenvalue weighted by Crippen LogP contribution is -2.43. The van der Waals surface area contributed by atoms with Crippen LogP contribution in [0.5, 0.6) is 5.75 Å². The number of hydrogen-bond acceptors (Lipinski definition) is 5. The summed E-state index contributed by atoms with van der Waals surface area (Å²) in [5, 5.41) is 8.96. The van der Waals surface area contributed by atoms with Crippen LogP contribution in [0.4, 0.5) is 5.69 Å². The fourth-order valence-electron chi connectivity index (χ4n) is 1.80. The maximum Gasteiger partial charge on any atom is 0.260 e. The van der Waals surface area contributed by atoms with Crippen molar-refractivity contribution in [2.45, 2.75) is 0 Å². The minimum Gasteiger partial charge on any atom is -0.482 e. The van der Waals surface area contributed by atoms with E-state index in [-0.39, 0.29) is 12.5 Å². The third-order valence-corrected chi connectivity index (χ3v) is 2.84. The van der Waals surface area contributed by atoms with Crippen LogP contribution in [0.15, 0.2) is 18.2 Å². The number of benzene rings is 1. The SMILES string of the molecule is N#Cc1cc(N)ccc1OCC(=O)N1CCOCC1. The zero-order valence-electron chi connectivity index (χ0n) is 10.5. The molecule has 0 atom stereocenters. The maximum atomic E-state index is 11.9. The first-order chi connectivity index (χ1) is 9.20. The summed E-state index contributed by atoms with van der Waals surface area (Å²) in [6, 6.07) is 6.74. The number of hydrogen-bond donors (Lipinski definition) is 1. The molecule has 1 heterocycles. The van der Waals surface area contributed by atoms with Crippen LogP contribution in [0, 0.1) is 11.3 Å². The van der Waals surface area contributed by atoms with Crippen LogP contribution in [0.2, 0.25) is 0 Å². The number of rotatable bonds is 3. The number of nitriles is 1. The minimum atomic E-state index is -0.107. The molecule has 0 saturated carbocycles. The van der Waals surface area contributed by atoms with Crippen molar-refractivity contribution in [2.75, 3.05) is 38.6 Å². The normalized spacial score (nSPS) is 14.8. The summed E-state index contributed by atoms with van der Waals surface area (Å²) in [6.07, 6.45) is 0. The standard InChI is InChI=1S/C13H15N3O3/c14-8-10-7-11(15)1-2-12(10)19-9-13(17)16-3-5-18-6-4-16/h1-2,7H,3-6,9,15H2. The van der Waals surface area contributed by atoms with Crippen LogP contribution in [0.25, 0.3) is 0 Å². The average Bonchev–Trinajstić information content (AvgIpc) is 2.46. The van der Waals surface area contributed by atoms with E-state index in [0.717, 1.165) is 0 Å². The number of nitrogen functional groups attached to an aromatic ring is 1. The highest BCUT2D eigenvalue weighted by Gasteiger charge is 2.17. The van der Waals surface area contributed by atoms with E-state index in [1.165, 1.54) is 6.07 Å². The Balaban J connectivity index is 1.95. The molecular formula is C13H15N3O3. The van der Waals surface area contributed by atoms with E-state index in [1.54, 1.807) is 17.0 Å². The van der Waals surface area contributed by atoms with Gasteiger partial charge in [-0.05, 0) is 18.2 Å². The largest absolute Gasteiger partial charge is 0.482 e. The Morgan fingerprint density at radius 3 is 2.89 bits per heavy atom. The van der Waals surface area contributed by atoms with Gasteiger partial charge in [0.25, 0.3) is 5.91 Å². The van der Waals surface area contributed by atoms with Gasteiger partial charge in [-0.3, -0.25) is 4.79 Å². The van der Waals surface area contributed by atoms with Gasteiger partial charge in [0.15, 0.2) is 6.61 Å². The number of carbonyl (C=O) groups excluding carboxylic acids is 1. The Hall–Kier alpha value is -2.26. The molecule has 0 unspecified atom stereocenters. The van der Waals surface area contributed by atoms with Crippen LogP contribution < -0.4 is 10.5 Å². The molecule has 1 aromatic carbocycles.